The second-order valence-corrected chi connectivity index (χ2v) is 6.42. The maximum absolute atomic E-state index is 12.5. The first-order valence-electron chi connectivity index (χ1n) is 8.53. The van der Waals surface area contributed by atoms with Crippen molar-refractivity contribution in [3.63, 3.8) is 0 Å². The Hall–Kier alpha value is -2.08. The lowest BCUT2D eigenvalue weighted by atomic mass is 10.1. The molecule has 0 aliphatic carbocycles. The zero-order chi connectivity index (χ0) is 18.8. The van der Waals surface area contributed by atoms with E-state index in [9.17, 15) is 9.59 Å². The van der Waals surface area contributed by atoms with E-state index in [1.54, 1.807) is 4.90 Å². The summed E-state index contributed by atoms with van der Waals surface area (Å²) in [6.45, 7) is 5.70. The Bertz CT molecular complexity index is 573. The highest BCUT2D eigenvalue weighted by atomic mass is 16.5. The van der Waals surface area contributed by atoms with Gasteiger partial charge in [0.25, 0.3) is 5.91 Å². The van der Waals surface area contributed by atoms with E-state index < -0.39 is 0 Å². The van der Waals surface area contributed by atoms with Crippen molar-refractivity contribution in [2.45, 2.75) is 26.7 Å². The smallest absolute Gasteiger partial charge is 0.307 e. The van der Waals surface area contributed by atoms with Crippen LogP contribution >= 0.6 is 0 Å². The average Bonchev–Trinajstić information content (AvgIpc) is 2.57. The molecule has 1 rings (SSSR count). The molecule has 0 atom stereocenters. The zero-order valence-corrected chi connectivity index (χ0v) is 16.0. The standard InChI is InChI=1S/C19H30N2O4/c1-15-7-8-16(2)17(13-15)25-14-18(22)21(11-6-10-20(3)4)12-9-19(23)24-5/h7-8,13H,6,9-12,14H2,1-5H3. The summed E-state index contributed by atoms with van der Waals surface area (Å²) >= 11 is 0. The minimum atomic E-state index is -0.319. The molecule has 0 N–H and O–H groups in total. The van der Waals surface area contributed by atoms with Gasteiger partial charge in [0.05, 0.1) is 13.5 Å². The molecule has 6 heteroatoms. The van der Waals surface area contributed by atoms with Gasteiger partial charge < -0.3 is 19.3 Å². The fourth-order valence-electron chi connectivity index (χ4n) is 2.36. The summed E-state index contributed by atoms with van der Waals surface area (Å²) < 4.78 is 10.4. The number of hydrogen-bond donors (Lipinski definition) is 0. The van der Waals surface area contributed by atoms with Crippen LogP contribution in [0.4, 0.5) is 0 Å². The minimum Gasteiger partial charge on any atom is -0.483 e. The lowest BCUT2D eigenvalue weighted by Crippen LogP contribution is -2.38. The van der Waals surface area contributed by atoms with Crippen LogP contribution in [0.25, 0.3) is 0 Å². The molecule has 0 saturated heterocycles. The first-order chi connectivity index (χ1) is 11.8. The molecule has 1 aromatic carbocycles. The highest BCUT2D eigenvalue weighted by molar-refractivity contribution is 5.78. The summed E-state index contributed by atoms with van der Waals surface area (Å²) in [6.07, 6.45) is 1.02. The number of carbonyl (C=O) groups excluding carboxylic acids is 2. The number of benzene rings is 1. The van der Waals surface area contributed by atoms with Crippen LogP contribution in [0.15, 0.2) is 18.2 Å². The van der Waals surface area contributed by atoms with E-state index in [2.05, 4.69) is 9.64 Å². The SMILES string of the molecule is COC(=O)CCN(CCCN(C)C)C(=O)COc1cc(C)ccc1C. The topological polar surface area (TPSA) is 59.1 Å². The molecule has 0 aromatic heterocycles. The number of aryl methyl sites for hydroxylation is 2. The van der Waals surface area contributed by atoms with Crippen molar-refractivity contribution in [3.8, 4) is 5.75 Å². The second kappa shape index (κ2) is 10.7. The van der Waals surface area contributed by atoms with Gasteiger partial charge in [0.1, 0.15) is 5.75 Å². The maximum Gasteiger partial charge on any atom is 0.307 e. The van der Waals surface area contributed by atoms with Crippen molar-refractivity contribution in [1.29, 1.82) is 0 Å². The molecule has 0 bridgehead atoms. The molecule has 140 valence electrons. The number of amides is 1. The van der Waals surface area contributed by atoms with Gasteiger partial charge in [-0.25, -0.2) is 0 Å². The summed E-state index contributed by atoms with van der Waals surface area (Å²) in [6, 6.07) is 5.91. The number of methoxy groups -OCH3 is 1. The third kappa shape index (κ3) is 8.03. The Morgan fingerprint density at radius 3 is 2.44 bits per heavy atom. The summed E-state index contributed by atoms with van der Waals surface area (Å²) in [5, 5.41) is 0. The molecule has 1 amide bonds. The molecule has 0 aliphatic heterocycles. The van der Waals surface area contributed by atoms with Crippen LogP contribution < -0.4 is 4.74 Å². The Balaban J connectivity index is 2.62. The van der Waals surface area contributed by atoms with E-state index in [1.807, 2.05) is 46.1 Å². The second-order valence-electron chi connectivity index (χ2n) is 6.42. The molecule has 0 saturated carbocycles. The highest BCUT2D eigenvalue weighted by Gasteiger charge is 2.16. The fraction of sp³-hybridized carbons (Fsp3) is 0.579. The summed E-state index contributed by atoms with van der Waals surface area (Å²) in [5.74, 6) is 0.277. The third-order valence-electron chi connectivity index (χ3n) is 3.89. The molecule has 0 aliphatic rings. The molecule has 6 nitrogen and oxygen atoms in total. The normalized spacial score (nSPS) is 10.6. The zero-order valence-electron chi connectivity index (χ0n) is 16.0. The number of hydrogen-bond acceptors (Lipinski definition) is 5. The highest BCUT2D eigenvalue weighted by Crippen LogP contribution is 2.19. The van der Waals surface area contributed by atoms with Gasteiger partial charge in [0, 0.05) is 13.1 Å². The number of rotatable bonds is 10. The van der Waals surface area contributed by atoms with Crippen LogP contribution in [0.3, 0.4) is 0 Å². The predicted molar refractivity (Wildman–Crippen MR) is 97.8 cm³/mol. The van der Waals surface area contributed by atoms with E-state index in [1.165, 1.54) is 7.11 Å². The van der Waals surface area contributed by atoms with Crippen LogP contribution in [0.2, 0.25) is 0 Å². The molecule has 0 radical (unpaired) electrons. The van der Waals surface area contributed by atoms with Gasteiger partial charge in [-0.3, -0.25) is 9.59 Å². The van der Waals surface area contributed by atoms with Crippen molar-refractivity contribution < 1.29 is 19.1 Å². The lowest BCUT2D eigenvalue weighted by molar-refractivity contribution is -0.142. The van der Waals surface area contributed by atoms with E-state index >= 15 is 0 Å². The maximum atomic E-state index is 12.5. The lowest BCUT2D eigenvalue weighted by Gasteiger charge is -2.23. The number of ether oxygens (including phenoxy) is 2. The fourth-order valence-corrected chi connectivity index (χ4v) is 2.36. The van der Waals surface area contributed by atoms with E-state index in [-0.39, 0.29) is 24.9 Å². The summed E-state index contributed by atoms with van der Waals surface area (Å²) in [5.41, 5.74) is 2.08. The number of nitrogens with zero attached hydrogens (tertiary/aromatic N) is 2. The monoisotopic (exact) mass is 350 g/mol. The summed E-state index contributed by atoms with van der Waals surface area (Å²) in [4.78, 5) is 27.6. The largest absolute Gasteiger partial charge is 0.483 e. The van der Waals surface area contributed by atoms with Gasteiger partial charge in [-0.1, -0.05) is 12.1 Å². The molecular weight excluding hydrogens is 320 g/mol. The molecule has 0 heterocycles. The van der Waals surface area contributed by atoms with Crippen LogP contribution in [-0.4, -0.2) is 69.1 Å². The van der Waals surface area contributed by atoms with Crippen molar-refractivity contribution >= 4 is 11.9 Å². The molecule has 1 aromatic rings. The van der Waals surface area contributed by atoms with E-state index in [4.69, 9.17) is 4.74 Å². The Labute approximate surface area is 150 Å². The van der Waals surface area contributed by atoms with Gasteiger partial charge in [-0.15, -0.1) is 0 Å². The van der Waals surface area contributed by atoms with Crippen molar-refractivity contribution in [2.24, 2.45) is 0 Å². The van der Waals surface area contributed by atoms with Crippen molar-refractivity contribution in [2.75, 3.05) is 47.4 Å². The number of carbonyl (C=O) groups is 2. The van der Waals surface area contributed by atoms with Gasteiger partial charge in [-0.05, 0) is 58.1 Å². The first kappa shape index (κ1) is 21.0. The van der Waals surface area contributed by atoms with Gasteiger partial charge >= 0.3 is 5.97 Å². The van der Waals surface area contributed by atoms with Crippen molar-refractivity contribution in [3.05, 3.63) is 29.3 Å². The van der Waals surface area contributed by atoms with Gasteiger partial charge in [0.15, 0.2) is 6.61 Å². The van der Waals surface area contributed by atoms with Gasteiger partial charge in [-0.2, -0.15) is 0 Å². The minimum absolute atomic E-state index is 0.0343. The van der Waals surface area contributed by atoms with Crippen LogP contribution in [0.5, 0.6) is 5.75 Å². The van der Waals surface area contributed by atoms with Crippen LogP contribution in [-0.2, 0) is 14.3 Å². The number of esters is 1. The Kier molecular flexibility index (Phi) is 8.99. The molecular formula is C19H30N2O4. The van der Waals surface area contributed by atoms with Crippen LogP contribution in [0, 0.1) is 13.8 Å². The Morgan fingerprint density at radius 2 is 1.80 bits per heavy atom. The molecule has 0 unspecified atom stereocenters. The average molecular weight is 350 g/mol. The van der Waals surface area contributed by atoms with E-state index in [0.717, 1.165) is 29.8 Å². The third-order valence-corrected chi connectivity index (χ3v) is 3.89. The summed E-state index contributed by atoms with van der Waals surface area (Å²) in [7, 11) is 5.33. The van der Waals surface area contributed by atoms with Gasteiger partial charge in [0.2, 0.25) is 0 Å². The molecule has 0 spiro atoms. The van der Waals surface area contributed by atoms with E-state index in [0.29, 0.717) is 13.1 Å². The predicted octanol–water partition coefficient (Wildman–Crippen LogP) is 2.03. The first-order valence-corrected chi connectivity index (χ1v) is 8.53. The molecule has 0 fully saturated rings. The molecule has 25 heavy (non-hydrogen) atoms. The Morgan fingerprint density at radius 1 is 1.08 bits per heavy atom. The van der Waals surface area contributed by atoms with Crippen LogP contribution in [0.1, 0.15) is 24.0 Å². The quantitative estimate of drug-likeness (QED) is 0.604. The van der Waals surface area contributed by atoms with Crippen molar-refractivity contribution in [1.82, 2.24) is 9.80 Å².